The Labute approximate surface area is 147 Å². The third-order valence-corrected chi connectivity index (χ3v) is 1.44. The van der Waals surface area contributed by atoms with Crippen LogP contribution >= 0.6 is 0 Å². The molecule has 0 bridgehead atoms. The number of rotatable bonds is 9. The minimum absolute atomic E-state index is 0. The van der Waals surface area contributed by atoms with E-state index in [0.717, 1.165) is 0 Å². The van der Waals surface area contributed by atoms with Crippen LogP contribution in [0.2, 0.25) is 0 Å². The Bertz CT molecular complexity index is 227. The van der Waals surface area contributed by atoms with Crippen LogP contribution in [-0.2, 0) is 14.4 Å². The van der Waals surface area contributed by atoms with Gasteiger partial charge in [0, 0.05) is 13.1 Å². The van der Waals surface area contributed by atoms with Gasteiger partial charge in [0.15, 0.2) is 0 Å². The predicted molar refractivity (Wildman–Crippen MR) is 53.6 cm³/mol. The number of aliphatic carboxylic acids is 2. The van der Waals surface area contributed by atoms with Gasteiger partial charge in [-0.15, -0.1) is 0 Å². The van der Waals surface area contributed by atoms with Gasteiger partial charge in [-0.2, -0.15) is 5.06 Å². The van der Waals surface area contributed by atoms with Crippen molar-refractivity contribution in [2.45, 2.75) is 6.92 Å². The number of nitrogens with zero attached hydrogens (tertiary/aromatic N) is 1. The summed E-state index contributed by atoms with van der Waals surface area (Å²) in [6.07, 6.45) is 0. The molecule has 0 rings (SSSR count). The molecule has 0 aliphatic carbocycles. The van der Waals surface area contributed by atoms with Crippen molar-refractivity contribution in [3.63, 3.8) is 0 Å². The van der Waals surface area contributed by atoms with E-state index in [1.54, 1.807) is 6.92 Å². The molecule has 0 heterocycles. The van der Waals surface area contributed by atoms with Crippen LogP contribution < -0.4 is 64.4 Å². The fourth-order valence-corrected chi connectivity index (χ4v) is 0.922. The summed E-state index contributed by atoms with van der Waals surface area (Å²) in [6.45, 7) is 2.45. The van der Waals surface area contributed by atoms with Crippen LogP contribution in [0.15, 0.2) is 0 Å². The second kappa shape index (κ2) is 14.9. The Morgan fingerprint density at radius 2 is 1.88 bits per heavy atom. The molecule has 17 heavy (non-hydrogen) atoms. The average Bonchev–Trinajstić information content (AvgIpc) is 2.11. The first kappa shape index (κ1) is 23.0. The van der Waals surface area contributed by atoms with E-state index in [4.69, 9.17) is 15.1 Å². The van der Waals surface area contributed by atoms with Crippen molar-refractivity contribution in [1.82, 2.24) is 10.4 Å². The molecular formula is C8H18N2Na2O5. The molecule has 0 fully saturated rings. The number of hydrogen-bond donors (Lipinski definition) is 3. The zero-order valence-corrected chi connectivity index (χ0v) is 14.6. The van der Waals surface area contributed by atoms with Crippen molar-refractivity contribution >= 4 is 11.9 Å². The maximum absolute atomic E-state index is 10.4. The van der Waals surface area contributed by atoms with Gasteiger partial charge in [0.1, 0.15) is 6.54 Å². The van der Waals surface area contributed by atoms with E-state index in [1.165, 1.54) is 5.06 Å². The van der Waals surface area contributed by atoms with Gasteiger partial charge in [0.05, 0.1) is 13.2 Å². The zero-order chi connectivity index (χ0) is 11.7. The van der Waals surface area contributed by atoms with Gasteiger partial charge in [-0.25, -0.2) is 0 Å². The molecule has 0 atom stereocenters. The quantitative estimate of drug-likeness (QED) is 0.217. The van der Waals surface area contributed by atoms with E-state index >= 15 is 0 Å². The third-order valence-electron chi connectivity index (χ3n) is 1.44. The van der Waals surface area contributed by atoms with E-state index in [1.807, 2.05) is 0 Å². The average molecular weight is 268 g/mol. The molecule has 3 N–H and O–H groups in total. The molecule has 0 aliphatic rings. The molecular weight excluding hydrogens is 250 g/mol. The van der Waals surface area contributed by atoms with Crippen LogP contribution in [0.5, 0.6) is 0 Å². The molecule has 0 aromatic heterocycles. The van der Waals surface area contributed by atoms with Crippen molar-refractivity contribution < 1.29 is 86.6 Å². The molecule has 0 aromatic rings. The normalized spacial score (nSPS) is 9.29. The van der Waals surface area contributed by atoms with Gasteiger partial charge < -0.3 is 18.4 Å². The maximum Gasteiger partial charge on any atom is 1.00 e. The Morgan fingerprint density at radius 3 is 2.29 bits per heavy atom. The van der Waals surface area contributed by atoms with Gasteiger partial charge >= 0.3 is 71.1 Å². The van der Waals surface area contributed by atoms with Crippen LogP contribution in [0.3, 0.4) is 0 Å². The molecule has 0 spiro atoms. The molecule has 92 valence electrons. The van der Waals surface area contributed by atoms with E-state index in [9.17, 15) is 9.59 Å². The number of carboxylic acids is 2. The minimum atomic E-state index is -0.985. The number of carbonyl (C=O) groups is 2. The second-order valence-electron chi connectivity index (χ2n) is 2.75. The summed E-state index contributed by atoms with van der Waals surface area (Å²) in [5, 5.41) is 20.8. The van der Waals surface area contributed by atoms with Gasteiger partial charge in [0.25, 0.3) is 0 Å². The molecule has 0 amide bonds. The van der Waals surface area contributed by atoms with Crippen molar-refractivity contribution in [1.29, 1.82) is 0 Å². The third kappa shape index (κ3) is 16.8. The SMILES string of the molecule is CCON(CCNCC(=O)O)CC(=O)O.[H-].[H-].[Na+].[Na+]. The number of hydrogen-bond acceptors (Lipinski definition) is 5. The number of carboxylic acid groups (broad SMARTS) is 2. The summed E-state index contributed by atoms with van der Waals surface area (Å²) < 4.78 is 0. The van der Waals surface area contributed by atoms with Gasteiger partial charge in [0.2, 0.25) is 0 Å². The molecule has 0 aliphatic heterocycles. The Kier molecular flexibility index (Phi) is 20.1. The van der Waals surface area contributed by atoms with E-state index in [0.29, 0.717) is 19.7 Å². The van der Waals surface area contributed by atoms with Crippen LogP contribution in [0.4, 0.5) is 0 Å². The molecule has 0 saturated carbocycles. The topological polar surface area (TPSA) is 99.1 Å². The molecule has 0 saturated heterocycles. The van der Waals surface area contributed by atoms with E-state index in [2.05, 4.69) is 5.32 Å². The van der Waals surface area contributed by atoms with E-state index < -0.39 is 11.9 Å². The Hall–Kier alpha value is 0.820. The Morgan fingerprint density at radius 1 is 1.29 bits per heavy atom. The fraction of sp³-hybridized carbons (Fsp3) is 0.750. The van der Waals surface area contributed by atoms with Crippen molar-refractivity contribution in [2.75, 3.05) is 32.8 Å². The summed E-state index contributed by atoms with van der Waals surface area (Å²) in [5.41, 5.74) is 0. The second-order valence-corrected chi connectivity index (χ2v) is 2.75. The summed E-state index contributed by atoms with van der Waals surface area (Å²) in [5.74, 6) is -1.93. The fourth-order valence-electron chi connectivity index (χ4n) is 0.922. The van der Waals surface area contributed by atoms with Gasteiger partial charge in [-0.3, -0.25) is 14.4 Å². The summed E-state index contributed by atoms with van der Waals surface area (Å²) in [6, 6.07) is 0. The molecule has 7 nitrogen and oxygen atoms in total. The predicted octanol–water partition coefficient (Wildman–Crippen LogP) is -6.77. The van der Waals surface area contributed by atoms with Crippen LogP contribution in [0.1, 0.15) is 9.78 Å². The molecule has 9 heteroatoms. The zero-order valence-electron chi connectivity index (χ0n) is 12.6. The van der Waals surface area contributed by atoms with Crippen molar-refractivity contribution in [3.05, 3.63) is 0 Å². The first-order chi connectivity index (χ1) is 7.06. The molecule has 0 aromatic carbocycles. The monoisotopic (exact) mass is 268 g/mol. The van der Waals surface area contributed by atoms with Crippen LogP contribution in [0.25, 0.3) is 0 Å². The van der Waals surface area contributed by atoms with E-state index in [-0.39, 0.29) is 75.1 Å². The summed E-state index contributed by atoms with van der Waals surface area (Å²) in [4.78, 5) is 25.6. The minimum Gasteiger partial charge on any atom is -1.00 e. The summed E-state index contributed by atoms with van der Waals surface area (Å²) in [7, 11) is 0. The summed E-state index contributed by atoms with van der Waals surface area (Å²) >= 11 is 0. The molecule has 0 radical (unpaired) electrons. The number of hydroxylamine groups is 2. The first-order valence-corrected chi connectivity index (χ1v) is 4.58. The van der Waals surface area contributed by atoms with Gasteiger partial charge in [-0.05, 0) is 6.92 Å². The van der Waals surface area contributed by atoms with Crippen LogP contribution in [0, 0.1) is 0 Å². The standard InChI is InChI=1S/C8H16N2O5.2Na.2H/c1-2-15-10(6-8(13)14)4-3-9-5-7(11)12;;;;/h9H,2-6H2,1H3,(H,11,12)(H,13,14);;;;/q;2*+1;2*-1. The van der Waals surface area contributed by atoms with Crippen molar-refractivity contribution in [3.8, 4) is 0 Å². The smallest absolute Gasteiger partial charge is 1.00 e. The maximum atomic E-state index is 10.4. The van der Waals surface area contributed by atoms with Crippen LogP contribution in [-0.4, -0.2) is 60.0 Å². The Balaban J connectivity index is -0.000000163. The first-order valence-electron chi connectivity index (χ1n) is 4.58. The molecule has 0 unspecified atom stereocenters. The largest absolute Gasteiger partial charge is 1.00 e. The van der Waals surface area contributed by atoms with Gasteiger partial charge in [-0.1, -0.05) is 0 Å². The van der Waals surface area contributed by atoms with Crippen molar-refractivity contribution in [2.24, 2.45) is 0 Å². The number of nitrogens with one attached hydrogen (secondary N) is 1.